The van der Waals surface area contributed by atoms with Crippen molar-refractivity contribution in [3.05, 3.63) is 52.8 Å². The second-order valence-corrected chi connectivity index (χ2v) is 5.80. The van der Waals surface area contributed by atoms with Crippen LogP contribution < -0.4 is 5.32 Å². The third-order valence-corrected chi connectivity index (χ3v) is 3.78. The summed E-state index contributed by atoms with van der Waals surface area (Å²) >= 11 is 0. The van der Waals surface area contributed by atoms with Crippen LogP contribution in [0.2, 0.25) is 0 Å². The number of nitrogens with one attached hydrogen (secondary N) is 1. The number of aromatic nitrogens is 2. The highest BCUT2D eigenvalue weighted by molar-refractivity contribution is 5.28. The van der Waals surface area contributed by atoms with Gasteiger partial charge in [0.25, 0.3) is 0 Å². The van der Waals surface area contributed by atoms with Crippen LogP contribution in [0.3, 0.4) is 0 Å². The summed E-state index contributed by atoms with van der Waals surface area (Å²) in [5, 5.41) is 8.23. The molecule has 21 heavy (non-hydrogen) atoms. The summed E-state index contributed by atoms with van der Waals surface area (Å²) in [7, 11) is 0. The third-order valence-electron chi connectivity index (χ3n) is 3.78. The van der Waals surface area contributed by atoms with E-state index in [1.807, 2.05) is 0 Å². The van der Waals surface area contributed by atoms with E-state index in [-0.39, 0.29) is 0 Å². The van der Waals surface area contributed by atoms with Gasteiger partial charge in [0.1, 0.15) is 0 Å². The van der Waals surface area contributed by atoms with Gasteiger partial charge in [-0.25, -0.2) is 0 Å². The Morgan fingerprint density at radius 1 is 1.10 bits per heavy atom. The van der Waals surface area contributed by atoms with Crippen molar-refractivity contribution in [2.45, 2.75) is 59.7 Å². The van der Waals surface area contributed by atoms with Crippen molar-refractivity contribution in [1.82, 2.24) is 15.1 Å². The number of nitrogens with zero attached hydrogens (tertiary/aromatic N) is 2. The molecule has 1 aromatic carbocycles. The lowest BCUT2D eigenvalue weighted by molar-refractivity contribution is 0.579. The van der Waals surface area contributed by atoms with Crippen LogP contribution in [-0.4, -0.2) is 15.8 Å². The molecule has 0 amide bonds. The number of hydrogen-bond acceptors (Lipinski definition) is 2. The summed E-state index contributed by atoms with van der Waals surface area (Å²) in [4.78, 5) is 0. The fraction of sp³-hybridized carbons (Fsp3) is 0.500. The molecule has 0 bridgehead atoms. The molecular formula is C18H27N3. The summed E-state index contributed by atoms with van der Waals surface area (Å²) < 4.78 is 2.16. The van der Waals surface area contributed by atoms with Gasteiger partial charge >= 0.3 is 0 Å². The molecule has 2 rings (SSSR count). The van der Waals surface area contributed by atoms with Gasteiger partial charge in [-0.2, -0.15) is 5.10 Å². The van der Waals surface area contributed by atoms with E-state index in [9.17, 15) is 0 Å². The highest BCUT2D eigenvalue weighted by Gasteiger charge is 2.08. The van der Waals surface area contributed by atoms with Crippen molar-refractivity contribution in [3.8, 4) is 0 Å². The smallest absolute Gasteiger partial charge is 0.0665 e. The molecule has 1 heterocycles. The quantitative estimate of drug-likeness (QED) is 0.843. The van der Waals surface area contributed by atoms with Crippen molar-refractivity contribution in [1.29, 1.82) is 0 Å². The molecule has 0 atom stereocenters. The van der Waals surface area contributed by atoms with Crippen LogP contribution in [0.15, 0.2) is 30.3 Å². The fourth-order valence-electron chi connectivity index (χ4n) is 2.47. The van der Waals surface area contributed by atoms with Gasteiger partial charge in [0.15, 0.2) is 0 Å². The molecule has 0 radical (unpaired) electrons. The first-order chi connectivity index (χ1) is 10.1. The summed E-state index contributed by atoms with van der Waals surface area (Å²) in [5.41, 5.74) is 5.22. The Labute approximate surface area is 128 Å². The molecule has 3 nitrogen and oxygen atoms in total. The molecule has 0 spiro atoms. The van der Waals surface area contributed by atoms with Gasteiger partial charge in [0, 0.05) is 18.3 Å². The van der Waals surface area contributed by atoms with Crippen molar-refractivity contribution < 1.29 is 0 Å². The molecule has 1 N–H and O–H groups in total. The molecule has 0 aliphatic heterocycles. The monoisotopic (exact) mass is 285 g/mol. The normalized spacial score (nSPS) is 11.3. The molecule has 0 aliphatic carbocycles. The molecule has 0 fully saturated rings. The van der Waals surface area contributed by atoms with Gasteiger partial charge in [-0.15, -0.1) is 0 Å². The van der Waals surface area contributed by atoms with E-state index in [0.717, 1.165) is 25.9 Å². The number of rotatable bonds is 7. The van der Waals surface area contributed by atoms with Gasteiger partial charge in [0.2, 0.25) is 0 Å². The lowest BCUT2D eigenvalue weighted by Crippen LogP contribution is -2.23. The maximum atomic E-state index is 4.73. The first-order valence-electron chi connectivity index (χ1n) is 7.99. The van der Waals surface area contributed by atoms with Crippen LogP contribution in [0.25, 0.3) is 0 Å². The minimum Gasteiger partial charge on any atom is -0.310 e. The van der Waals surface area contributed by atoms with E-state index in [1.54, 1.807) is 0 Å². The minimum absolute atomic E-state index is 0.501. The highest BCUT2D eigenvalue weighted by Crippen LogP contribution is 2.14. The molecule has 0 unspecified atom stereocenters. The first kappa shape index (κ1) is 15.8. The van der Waals surface area contributed by atoms with Crippen molar-refractivity contribution >= 4 is 0 Å². The van der Waals surface area contributed by atoms with Crippen LogP contribution >= 0.6 is 0 Å². The zero-order chi connectivity index (χ0) is 15.2. The van der Waals surface area contributed by atoms with E-state index >= 15 is 0 Å². The van der Waals surface area contributed by atoms with Gasteiger partial charge in [-0.05, 0) is 30.0 Å². The Morgan fingerprint density at radius 2 is 1.81 bits per heavy atom. The first-order valence-corrected chi connectivity index (χ1v) is 7.99. The molecule has 0 saturated carbocycles. The summed E-state index contributed by atoms with van der Waals surface area (Å²) in [6.07, 6.45) is 2.02. The van der Waals surface area contributed by atoms with Crippen LogP contribution in [-0.2, 0) is 25.9 Å². The van der Waals surface area contributed by atoms with Gasteiger partial charge in [-0.3, -0.25) is 4.68 Å². The van der Waals surface area contributed by atoms with Crippen LogP contribution in [0.4, 0.5) is 0 Å². The summed E-state index contributed by atoms with van der Waals surface area (Å²) in [6.45, 7) is 10.5. The largest absolute Gasteiger partial charge is 0.310 e. The van der Waals surface area contributed by atoms with Crippen LogP contribution in [0.1, 0.15) is 50.2 Å². The van der Waals surface area contributed by atoms with E-state index in [1.165, 1.54) is 22.5 Å². The molecule has 0 saturated heterocycles. The SMILES string of the molecule is CCc1cc(CC)n(Cc2ccccc2CNC(C)C)n1. The number of hydrogen-bond donors (Lipinski definition) is 1. The Bertz CT molecular complexity index is 570. The molecule has 114 valence electrons. The van der Waals surface area contributed by atoms with Gasteiger partial charge in [0.05, 0.1) is 12.2 Å². The predicted molar refractivity (Wildman–Crippen MR) is 88.5 cm³/mol. The van der Waals surface area contributed by atoms with Crippen molar-refractivity contribution in [2.24, 2.45) is 0 Å². The molecule has 1 aromatic heterocycles. The van der Waals surface area contributed by atoms with E-state index < -0.39 is 0 Å². The minimum atomic E-state index is 0.501. The molecule has 0 aliphatic rings. The van der Waals surface area contributed by atoms with E-state index in [0.29, 0.717) is 6.04 Å². The number of benzene rings is 1. The average molecular weight is 285 g/mol. The van der Waals surface area contributed by atoms with Crippen LogP contribution in [0, 0.1) is 0 Å². The topological polar surface area (TPSA) is 29.9 Å². The average Bonchev–Trinajstić information content (AvgIpc) is 2.88. The van der Waals surface area contributed by atoms with E-state index in [2.05, 4.69) is 68.0 Å². The lowest BCUT2D eigenvalue weighted by atomic mass is 10.1. The Kier molecular flexibility index (Phi) is 5.57. The Morgan fingerprint density at radius 3 is 2.43 bits per heavy atom. The predicted octanol–water partition coefficient (Wildman–Crippen LogP) is 3.55. The molecular weight excluding hydrogens is 258 g/mol. The van der Waals surface area contributed by atoms with Crippen molar-refractivity contribution in [3.63, 3.8) is 0 Å². The van der Waals surface area contributed by atoms with Gasteiger partial charge in [-0.1, -0.05) is 52.0 Å². The zero-order valence-electron chi connectivity index (χ0n) is 13.7. The Balaban J connectivity index is 2.21. The van der Waals surface area contributed by atoms with E-state index in [4.69, 9.17) is 5.10 Å². The molecule has 2 aromatic rings. The fourth-order valence-corrected chi connectivity index (χ4v) is 2.47. The standard InChI is InChI=1S/C18H27N3/c1-5-17-11-18(6-2)21(20-17)13-16-10-8-7-9-15(16)12-19-14(3)4/h7-11,14,19H,5-6,12-13H2,1-4H3. The van der Waals surface area contributed by atoms with Crippen molar-refractivity contribution in [2.75, 3.05) is 0 Å². The summed E-state index contributed by atoms with van der Waals surface area (Å²) in [5.74, 6) is 0. The Hall–Kier alpha value is -1.61. The zero-order valence-corrected chi connectivity index (χ0v) is 13.7. The van der Waals surface area contributed by atoms with Crippen LogP contribution in [0.5, 0.6) is 0 Å². The maximum Gasteiger partial charge on any atom is 0.0665 e. The second kappa shape index (κ2) is 7.41. The summed E-state index contributed by atoms with van der Waals surface area (Å²) in [6, 6.07) is 11.4. The second-order valence-electron chi connectivity index (χ2n) is 5.80. The lowest BCUT2D eigenvalue weighted by Gasteiger charge is -2.14. The van der Waals surface area contributed by atoms with Gasteiger partial charge < -0.3 is 5.32 Å². The maximum absolute atomic E-state index is 4.73. The molecule has 3 heteroatoms. The third kappa shape index (κ3) is 4.18. The highest BCUT2D eigenvalue weighted by atomic mass is 15.3. The number of aryl methyl sites for hydroxylation is 2.